The van der Waals surface area contributed by atoms with Crippen molar-refractivity contribution in [2.75, 3.05) is 7.05 Å². The third kappa shape index (κ3) is 4.31. The number of nitrogens with zero attached hydrogens (tertiary/aromatic N) is 1. The highest BCUT2D eigenvalue weighted by Crippen LogP contribution is 2.27. The topological polar surface area (TPSA) is 50.9 Å². The standard InChI is InChI=1S/C14H21N3.CH2S/c1-10-3-5-12-6-4-11(8-14(12)17-10)7-13(9-15)16-2;1-2/h3,5,9,11,16H,4,6-8,15H2,1-2H3;1H2/b13-9-;. The molecule has 2 rings (SSSR count). The molecule has 1 aromatic heterocycles. The first-order chi connectivity index (χ1) is 9.22. The molecule has 3 nitrogen and oxygen atoms in total. The van der Waals surface area contributed by atoms with E-state index < -0.39 is 0 Å². The maximum Gasteiger partial charge on any atom is 0.0441 e. The molecule has 0 bridgehead atoms. The number of rotatable bonds is 3. The molecule has 1 atom stereocenters. The molecule has 0 saturated carbocycles. The molecule has 3 N–H and O–H groups in total. The Labute approximate surface area is 121 Å². The molecule has 1 unspecified atom stereocenters. The van der Waals surface area contributed by atoms with Crippen molar-refractivity contribution in [1.29, 1.82) is 0 Å². The number of aryl methyl sites for hydroxylation is 2. The van der Waals surface area contributed by atoms with Crippen LogP contribution in [0.2, 0.25) is 0 Å². The summed E-state index contributed by atoms with van der Waals surface area (Å²) in [5, 5.41) is 3.15. The minimum absolute atomic E-state index is 0.666. The van der Waals surface area contributed by atoms with Gasteiger partial charge < -0.3 is 11.1 Å². The molecule has 0 spiro atoms. The summed E-state index contributed by atoms with van der Waals surface area (Å²) in [6.07, 6.45) is 6.17. The van der Waals surface area contributed by atoms with Crippen molar-refractivity contribution in [3.63, 3.8) is 0 Å². The number of fused-ring (bicyclic) bond motifs is 1. The summed E-state index contributed by atoms with van der Waals surface area (Å²) in [7, 11) is 1.93. The summed E-state index contributed by atoms with van der Waals surface area (Å²) in [5.41, 5.74) is 10.5. The summed E-state index contributed by atoms with van der Waals surface area (Å²) in [6.45, 7) is 2.06. The SMILES string of the molecule is C=S.CN/C(=C\N)CC1CCc2ccc(C)nc2C1. The van der Waals surface area contributed by atoms with E-state index in [0.29, 0.717) is 5.92 Å². The lowest BCUT2D eigenvalue weighted by Crippen LogP contribution is -2.20. The normalized spacial score (nSPS) is 18.0. The van der Waals surface area contributed by atoms with Crippen molar-refractivity contribution in [2.24, 2.45) is 11.7 Å². The first-order valence-electron chi connectivity index (χ1n) is 6.55. The van der Waals surface area contributed by atoms with Crippen molar-refractivity contribution in [3.8, 4) is 0 Å². The predicted molar refractivity (Wildman–Crippen MR) is 85.1 cm³/mol. The molecule has 0 fully saturated rings. The quantitative estimate of drug-likeness (QED) is 0.834. The number of allylic oxidation sites excluding steroid dienone is 1. The molecule has 0 aliphatic heterocycles. The Bertz CT molecular complexity index is 443. The lowest BCUT2D eigenvalue weighted by atomic mass is 9.84. The van der Waals surface area contributed by atoms with Gasteiger partial charge in [0, 0.05) is 30.3 Å². The second-order valence-corrected chi connectivity index (χ2v) is 4.81. The third-order valence-corrected chi connectivity index (χ3v) is 3.54. The minimum Gasteiger partial charge on any atom is -0.403 e. The number of nitrogens with one attached hydrogen (secondary N) is 1. The molecule has 1 aromatic rings. The fourth-order valence-corrected chi connectivity index (χ4v) is 2.52. The van der Waals surface area contributed by atoms with Crippen LogP contribution in [0.3, 0.4) is 0 Å². The molecule has 0 amide bonds. The zero-order valence-corrected chi connectivity index (χ0v) is 12.6. The largest absolute Gasteiger partial charge is 0.403 e. The summed E-state index contributed by atoms with van der Waals surface area (Å²) < 4.78 is 0. The van der Waals surface area contributed by atoms with Crippen LogP contribution in [0.25, 0.3) is 0 Å². The van der Waals surface area contributed by atoms with Gasteiger partial charge in [0.05, 0.1) is 0 Å². The van der Waals surface area contributed by atoms with E-state index >= 15 is 0 Å². The molecule has 0 aromatic carbocycles. The van der Waals surface area contributed by atoms with Gasteiger partial charge in [-0.05, 0) is 56.0 Å². The summed E-state index contributed by atoms with van der Waals surface area (Å²) in [6, 6.07) is 4.34. The van der Waals surface area contributed by atoms with Crippen LogP contribution in [0, 0.1) is 12.8 Å². The lowest BCUT2D eigenvalue weighted by molar-refractivity contribution is 0.439. The van der Waals surface area contributed by atoms with E-state index in [4.69, 9.17) is 5.73 Å². The Morgan fingerprint density at radius 2 is 2.32 bits per heavy atom. The lowest BCUT2D eigenvalue weighted by Gasteiger charge is -2.24. The smallest absolute Gasteiger partial charge is 0.0441 e. The van der Waals surface area contributed by atoms with Gasteiger partial charge in [-0.3, -0.25) is 4.98 Å². The Kier molecular flexibility index (Phi) is 6.50. The van der Waals surface area contributed by atoms with Gasteiger partial charge >= 0.3 is 0 Å². The van der Waals surface area contributed by atoms with Crippen molar-refractivity contribution in [1.82, 2.24) is 10.3 Å². The van der Waals surface area contributed by atoms with E-state index in [1.165, 1.54) is 17.7 Å². The van der Waals surface area contributed by atoms with Crippen LogP contribution in [0.4, 0.5) is 0 Å². The van der Waals surface area contributed by atoms with Crippen LogP contribution >= 0.6 is 12.2 Å². The molecule has 1 aliphatic carbocycles. The van der Waals surface area contributed by atoms with Gasteiger partial charge in [0.25, 0.3) is 0 Å². The molecule has 104 valence electrons. The predicted octanol–water partition coefficient (Wildman–Crippen LogP) is 2.52. The van der Waals surface area contributed by atoms with E-state index in [-0.39, 0.29) is 0 Å². The molecule has 19 heavy (non-hydrogen) atoms. The van der Waals surface area contributed by atoms with Gasteiger partial charge in [-0.2, -0.15) is 0 Å². The highest BCUT2D eigenvalue weighted by molar-refractivity contribution is 7.77. The maximum absolute atomic E-state index is 5.58. The summed E-state index contributed by atoms with van der Waals surface area (Å²) in [4.78, 5) is 4.65. The minimum atomic E-state index is 0.666. The van der Waals surface area contributed by atoms with Crippen LogP contribution in [-0.4, -0.2) is 17.9 Å². The Balaban J connectivity index is 0.000000861. The molecule has 0 saturated heterocycles. The van der Waals surface area contributed by atoms with E-state index in [0.717, 1.165) is 30.7 Å². The average Bonchev–Trinajstić information content (AvgIpc) is 2.46. The van der Waals surface area contributed by atoms with E-state index in [1.54, 1.807) is 6.20 Å². The van der Waals surface area contributed by atoms with Crippen LogP contribution < -0.4 is 11.1 Å². The number of pyridine rings is 1. The molecule has 4 heteroatoms. The number of aromatic nitrogens is 1. The van der Waals surface area contributed by atoms with Crippen molar-refractivity contribution in [2.45, 2.75) is 32.6 Å². The van der Waals surface area contributed by atoms with E-state index in [9.17, 15) is 0 Å². The highest BCUT2D eigenvalue weighted by Gasteiger charge is 2.20. The van der Waals surface area contributed by atoms with E-state index in [2.05, 4.69) is 47.4 Å². The number of hydrogen-bond donors (Lipinski definition) is 2. The number of thiocarbonyl (C=S) groups is 1. The maximum atomic E-state index is 5.58. The fourth-order valence-electron chi connectivity index (χ4n) is 2.52. The van der Waals surface area contributed by atoms with Crippen LogP contribution in [-0.2, 0) is 12.8 Å². The highest BCUT2D eigenvalue weighted by atomic mass is 32.1. The zero-order valence-electron chi connectivity index (χ0n) is 11.8. The molecular formula is C15H23N3S. The third-order valence-electron chi connectivity index (χ3n) is 3.54. The van der Waals surface area contributed by atoms with Gasteiger partial charge in [0.15, 0.2) is 0 Å². The van der Waals surface area contributed by atoms with Crippen molar-refractivity contribution in [3.05, 3.63) is 41.0 Å². The first kappa shape index (κ1) is 15.6. The Morgan fingerprint density at radius 1 is 1.58 bits per heavy atom. The number of nitrogens with two attached hydrogens (primary N) is 1. The van der Waals surface area contributed by atoms with Crippen LogP contribution in [0.15, 0.2) is 24.0 Å². The van der Waals surface area contributed by atoms with Crippen LogP contribution in [0.1, 0.15) is 29.8 Å². The average molecular weight is 277 g/mol. The summed E-state index contributed by atoms with van der Waals surface area (Å²) in [5.74, 6) is 3.50. The van der Waals surface area contributed by atoms with Crippen molar-refractivity contribution >= 4 is 18.1 Å². The molecule has 1 heterocycles. The van der Waals surface area contributed by atoms with E-state index in [1.807, 2.05) is 7.05 Å². The molecule has 1 aliphatic rings. The summed E-state index contributed by atoms with van der Waals surface area (Å²) >= 11 is 3.83. The number of hydrogen-bond acceptors (Lipinski definition) is 4. The van der Waals surface area contributed by atoms with Gasteiger partial charge in [0.1, 0.15) is 0 Å². The fraction of sp³-hybridized carbons (Fsp3) is 0.467. The van der Waals surface area contributed by atoms with Gasteiger partial charge in [-0.25, -0.2) is 0 Å². The zero-order chi connectivity index (χ0) is 14.3. The second kappa shape index (κ2) is 7.89. The molecule has 0 radical (unpaired) electrons. The Morgan fingerprint density at radius 3 is 2.95 bits per heavy atom. The van der Waals surface area contributed by atoms with Gasteiger partial charge in [-0.15, -0.1) is 0 Å². The molecular weight excluding hydrogens is 254 g/mol. The van der Waals surface area contributed by atoms with Crippen molar-refractivity contribution < 1.29 is 0 Å². The Hall–Kier alpha value is -1.42. The van der Waals surface area contributed by atoms with Gasteiger partial charge in [0.2, 0.25) is 0 Å². The second-order valence-electron chi connectivity index (χ2n) is 4.81. The van der Waals surface area contributed by atoms with Gasteiger partial charge in [-0.1, -0.05) is 18.3 Å². The first-order valence-corrected chi connectivity index (χ1v) is 7.13. The monoisotopic (exact) mass is 277 g/mol. The van der Waals surface area contributed by atoms with Crippen LogP contribution in [0.5, 0.6) is 0 Å².